The topological polar surface area (TPSA) is 69.0 Å². The molecule has 2 heterocycles. The lowest BCUT2D eigenvalue weighted by Crippen LogP contribution is -2.31. The fraction of sp³-hybridized carbons (Fsp3) is 0.211. The highest BCUT2D eigenvalue weighted by molar-refractivity contribution is 5.77. The van der Waals surface area contributed by atoms with Crippen LogP contribution in [0.4, 0.5) is 4.39 Å². The summed E-state index contributed by atoms with van der Waals surface area (Å²) in [5, 5.41) is 7.33. The molecule has 3 aromatic rings. The Morgan fingerprint density at radius 3 is 2.65 bits per heavy atom. The van der Waals surface area contributed by atoms with Crippen molar-refractivity contribution in [3.05, 3.63) is 66.4 Å². The van der Waals surface area contributed by atoms with Gasteiger partial charge in [-0.15, -0.1) is 0 Å². The SMILES string of the molecule is Cc1cc(-c2ccncc2)nn1CCNC(=O)COc1ccc(F)cc1. The number of ether oxygens (including phenoxy) is 1. The number of carbonyl (C=O) groups excluding carboxylic acids is 1. The molecule has 0 radical (unpaired) electrons. The predicted molar refractivity (Wildman–Crippen MR) is 95.1 cm³/mol. The number of halogens is 1. The van der Waals surface area contributed by atoms with Gasteiger partial charge in [0.15, 0.2) is 6.61 Å². The van der Waals surface area contributed by atoms with Crippen LogP contribution in [0, 0.1) is 12.7 Å². The Balaban J connectivity index is 1.46. The molecule has 0 unspecified atom stereocenters. The first-order chi connectivity index (χ1) is 12.6. The number of benzene rings is 1. The quantitative estimate of drug-likeness (QED) is 0.708. The summed E-state index contributed by atoms with van der Waals surface area (Å²) < 4.78 is 20.0. The summed E-state index contributed by atoms with van der Waals surface area (Å²) in [4.78, 5) is 15.8. The van der Waals surface area contributed by atoms with E-state index < -0.39 is 0 Å². The standard InChI is InChI=1S/C19H19FN4O2/c1-14-12-18(15-6-8-21-9-7-15)23-24(14)11-10-22-19(25)13-26-17-4-2-16(20)3-5-17/h2-9,12H,10-11,13H2,1H3,(H,22,25). The minimum absolute atomic E-state index is 0.119. The number of aryl methyl sites for hydroxylation is 1. The summed E-state index contributed by atoms with van der Waals surface area (Å²) in [6.45, 7) is 2.84. The molecule has 0 fully saturated rings. The second kappa shape index (κ2) is 8.24. The van der Waals surface area contributed by atoms with Crippen LogP contribution >= 0.6 is 0 Å². The van der Waals surface area contributed by atoms with Crippen molar-refractivity contribution >= 4 is 5.91 Å². The van der Waals surface area contributed by atoms with Crippen LogP contribution in [0.1, 0.15) is 5.69 Å². The predicted octanol–water partition coefficient (Wildman–Crippen LogP) is 2.59. The van der Waals surface area contributed by atoms with Crippen molar-refractivity contribution in [1.29, 1.82) is 0 Å². The van der Waals surface area contributed by atoms with Gasteiger partial charge < -0.3 is 10.1 Å². The van der Waals surface area contributed by atoms with E-state index in [4.69, 9.17) is 4.74 Å². The van der Waals surface area contributed by atoms with Gasteiger partial charge in [-0.3, -0.25) is 14.5 Å². The number of aromatic nitrogens is 3. The van der Waals surface area contributed by atoms with E-state index in [0.717, 1.165) is 17.0 Å². The minimum atomic E-state index is -0.345. The Morgan fingerprint density at radius 2 is 1.92 bits per heavy atom. The Labute approximate surface area is 150 Å². The molecule has 6 nitrogen and oxygen atoms in total. The number of carbonyl (C=O) groups is 1. The first-order valence-electron chi connectivity index (χ1n) is 8.22. The van der Waals surface area contributed by atoms with Crippen LogP contribution in [0.15, 0.2) is 54.9 Å². The second-order valence-corrected chi connectivity index (χ2v) is 5.72. The molecule has 0 aliphatic heterocycles. The molecule has 0 aliphatic carbocycles. The maximum absolute atomic E-state index is 12.8. The Bertz CT molecular complexity index is 863. The van der Waals surface area contributed by atoms with E-state index in [1.54, 1.807) is 12.4 Å². The molecule has 26 heavy (non-hydrogen) atoms. The van der Waals surface area contributed by atoms with Gasteiger partial charge in [-0.25, -0.2) is 4.39 Å². The molecular weight excluding hydrogens is 335 g/mol. The minimum Gasteiger partial charge on any atom is -0.484 e. The number of amides is 1. The zero-order valence-corrected chi connectivity index (χ0v) is 14.4. The van der Waals surface area contributed by atoms with Crippen LogP contribution in [0.5, 0.6) is 5.75 Å². The van der Waals surface area contributed by atoms with E-state index in [1.807, 2.05) is 29.8 Å². The summed E-state index contributed by atoms with van der Waals surface area (Å²) >= 11 is 0. The molecule has 3 rings (SSSR count). The molecule has 7 heteroatoms. The molecule has 0 saturated carbocycles. The normalized spacial score (nSPS) is 10.5. The van der Waals surface area contributed by atoms with Crippen LogP contribution in [-0.2, 0) is 11.3 Å². The molecule has 0 spiro atoms. The first-order valence-corrected chi connectivity index (χ1v) is 8.22. The van der Waals surface area contributed by atoms with E-state index >= 15 is 0 Å². The number of hydrogen-bond acceptors (Lipinski definition) is 4. The molecule has 134 valence electrons. The summed E-state index contributed by atoms with van der Waals surface area (Å²) in [6, 6.07) is 11.3. The highest BCUT2D eigenvalue weighted by atomic mass is 19.1. The fourth-order valence-corrected chi connectivity index (χ4v) is 2.43. The van der Waals surface area contributed by atoms with Gasteiger partial charge >= 0.3 is 0 Å². The third kappa shape index (κ3) is 4.66. The van der Waals surface area contributed by atoms with Gasteiger partial charge in [0, 0.05) is 30.2 Å². The number of nitrogens with zero attached hydrogens (tertiary/aromatic N) is 3. The summed E-state index contributed by atoms with van der Waals surface area (Å²) in [5.74, 6) is -0.137. The van der Waals surface area contributed by atoms with Gasteiger partial charge in [0.2, 0.25) is 0 Å². The Morgan fingerprint density at radius 1 is 1.19 bits per heavy atom. The fourth-order valence-electron chi connectivity index (χ4n) is 2.43. The third-order valence-corrected chi connectivity index (χ3v) is 3.79. The lowest BCUT2D eigenvalue weighted by molar-refractivity contribution is -0.123. The van der Waals surface area contributed by atoms with Gasteiger partial charge in [0.05, 0.1) is 12.2 Å². The molecule has 1 N–H and O–H groups in total. The van der Waals surface area contributed by atoms with Crippen LogP contribution in [0.2, 0.25) is 0 Å². The van der Waals surface area contributed by atoms with E-state index in [-0.39, 0.29) is 18.3 Å². The molecule has 0 saturated heterocycles. The molecule has 0 aliphatic rings. The van der Waals surface area contributed by atoms with Gasteiger partial charge in [0.25, 0.3) is 5.91 Å². The third-order valence-electron chi connectivity index (χ3n) is 3.79. The molecular formula is C19H19FN4O2. The lowest BCUT2D eigenvalue weighted by atomic mass is 10.2. The number of nitrogens with one attached hydrogen (secondary N) is 1. The van der Waals surface area contributed by atoms with Crippen molar-refractivity contribution in [2.45, 2.75) is 13.5 Å². The maximum atomic E-state index is 12.8. The second-order valence-electron chi connectivity index (χ2n) is 5.72. The smallest absolute Gasteiger partial charge is 0.258 e. The molecule has 0 atom stereocenters. The number of hydrogen-bond donors (Lipinski definition) is 1. The van der Waals surface area contributed by atoms with Crippen LogP contribution in [0.25, 0.3) is 11.3 Å². The zero-order chi connectivity index (χ0) is 18.4. The van der Waals surface area contributed by atoms with E-state index in [1.165, 1.54) is 24.3 Å². The Hall–Kier alpha value is -3.22. The van der Waals surface area contributed by atoms with Gasteiger partial charge in [-0.1, -0.05) is 0 Å². The average Bonchev–Trinajstić information content (AvgIpc) is 3.03. The summed E-state index contributed by atoms with van der Waals surface area (Å²) in [6.07, 6.45) is 3.45. The van der Waals surface area contributed by atoms with Crippen LogP contribution in [-0.4, -0.2) is 33.8 Å². The average molecular weight is 354 g/mol. The van der Waals surface area contributed by atoms with Gasteiger partial charge in [0.1, 0.15) is 11.6 Å². The zero-order valence-electron chi connectivity index (χ0n) is 14.4. The van der Waals surface area contributed by atoms with Gasteiger partial charge in [-0.2, -0.15) is 5.10 Å². The molecule has 1 amide bonds. The van der Waals surface area contributed by atoms with E-state index in [0.29, 0.717) is 18.8 Å². The van der Waals surface area contributed by atoms with Crippen molar-refractivity contribution in [3.8, 4) is 17.0 Å². The van der Waals surface area contributed by atoms with Crippen molar-refractivity contribution < 1.29 is 13.9 Å². The highest BCUT2D eigenvalue weighted by Gasteiger charge is 2.07. The monoisotopic (exact) mass is 354 g/mol. The maximum Gasteiger partial charge on any atom is 0.258 e. The van der Waals surface area contributed by atoms with Crippen molar-refractivity contribution in [1.82, 2.24) is 20.1 Å². The highest BCUT2D eigenvalue weighted by Crippen LogP contribution is 2.17. The summed E-state index contributed by atoms with van der Waals surface area (Å²) in [7, 11) is 0. The summed E-state index contributed by atoms with van der Waals surface area (Å²) in [5.41, 5.74) is 2.88. The van der Waals surface area contributed by atoms with Crippen molar-refractivity contribution in [2.24, 2.45) is 0 Å². The number of rotatable bonds is 7. The van der Waals surface area contributed by atoms with Crippen molar-refractivity contribution in [2.75, 3.05) is 13.2 Å². The van der Waals surface area contributed by atoms with Crippen LogP contribution in [0.3, 0.4) is 0 Å². The molecule has 1 aromatic carbocycles. The molecule has 2 aromatic heterocycles. The van der Waals surface area contributed by atoms with Gasteiger partial charge in [-0.05, 0) is 49.4 Å². The Kier molecular flexibility index (Phi) is 5.58. The van der Waals surface area contributed by atoms with Crippen molar-refractivity contribution in [3.63, 3.8) is 0 Å². The van der Waals surface area contributed by atoms with Crippen LogP contribution < -0.4 is 10.1 Å². The first kappa shape index (κ1) is 17.6. The largest absolute Gasteiger partial charge is 0.484 e. The van der Waals surface area contributed by atoms with E-state index in [2.05, 4.69) is 15.4 Å². The van der Waals surface area contributed by atoms with E-state index in [9.17, 15) is 9.18 Å². The molecule has 0 bridgehead atoms. The number of pyridine rings is 1. The lowest BCUT2D eigenvalue weighted by Gasteiger charge is -2.08.